The van der Waals surface area contributed by atoms with Crippen molar-refractivity contribution >= 4 is 17.5 Å². The van der Waals surface area contributed by atoms with E-state index in [9.17, 15) is 9.59 Å². The Kier molecular flexibility index (Phi) is 3.60. The number of carbonyl (C=O) groups is 2. The average molecular weight is 193 g/mol. The van der Waals surface area contributed by atoms with Gasteiger partial charge in [-0.1, -0.05) is 0 Å². The van der Waals surface area contributed by atoms with E-state index >= 15 is 0 Å². The first kappa shape index (κ1) is 10.2. The van der Waals surface area contributed by atoms with Crippen LogP contribution in [0.25, 0.3) is 0 Å². The normalized spacial score (nSPS) is 9.21. The Balaban J connectivity index is 2.38. The molecule has 0 saturated heterocycles. The van der Waals surface area contributed by atoms with E-state index in [1.807, 2.05) is 0 Å². The van der Waals surface area contributed by atoms with Crippen molar-refractivity contribution in [3.05, 3.63) is 24.5 Å². The number of rotatable bonds is 3. The van der Waals surface area contributed by atoms with Gasteiger partial charge < -0.3 is 10.6 Å². The summed E-state index contributed by atoms with van der Waals surface area (Å²) in [5, 5.41) is 4.94. The highest BCUT2D eigenvalue weighted by molar-refractivity contribution is 5.91. The van der Waals surface area contributed by atoms with E-state index in [4.69, 9.17) is 0 Å². The van der Waals surface area contributed by atoms with Crippen molar-refractivity contribution in [3.63, 3.8) is 0 Å². The number of nitrogens with zero attached hydrogens (tertiary/aromatic N) is 1. The number of nitrogens with one attached hydrogen (secondary N) is 2. The molecular weight excluding hydrogens is 182 g/mol. The molecule has 0 aromatic carbocycles. The summed E-state index contributed by atoms with van der Waals surface area (Å²) in [4.78, 5) is 25.5. The zero-order valence-corrected chi connectivity index (χ0v) is 7.78. The minimum Gasteiger partial charge on any atom is -0.331 e. The number of aromatic nitrogens is 1. The summed E-state index contributed by atoms with van der Waals surface area (Å²) < 4.78 is 0. The number of ketones is 1. The maximum Gasteiger partial charge on any atom is 0.319 e. The molecule has 1 aromatic rings. The van der Waals surface area contributed by atoms with E-state index in [1.54, 1.807) is 18.3 Å². The van der Waals surface area contributed by atoms with Gasteiger partial charge in [0, 0.05) is 6.20 Å². The fraction of sp³-hybridized carbons (Fsp3) is 0.222. The summed E-state index contributed by atoms with van der Waals surface area (Å²) >= 11 is 0. The van der Waals surface area contributed by atoms with Gasteiger partial charge in [-0.3, -0.25) is 9.78 Å². The van der Waals surface area contributed by atoms with Gasteiger partial charge in [-0.15, -0.1) is 0 Å². The minimum absolute atomic E-state index is 0.0338. The lowest BCUT2D eigenvalue weighted by Crippen LogP contribution is -2.32. The molecule has 0 radical (unpaired) electrons. The molecule has 74 valence electrons. The number of amides is 2. The van der Waals surface area contributed by atoms with Crippen LogP contribution in [-0.4, -0.2) is 23.3 Å². The summed E-state index contributed by atoms with van der Waals surface area (Å²) in [6, 6.07) is 3.01. The van der Waals surface area contributed by atoms with Crippen molar-refractivity contribution in [1.29, 1.82) is 0 Å². The van der Waals surface area contributed by atoms with Crippen LogP contribution in [-0.2, 0) is 4.79 Å². The number of anilines is 1. The topological polar surface area (TPSA) is 71.1 Å². The summed E-state index contributed by atoms with van der Waals surface area (Å²) in [6.07, 6.45) is 3.13. The zero-order valence-electron chi connectivity index (χ0n) is 7.78. The number of Topliss-reactive ketones (excluding diaryl/α,β-unsaturated/α-hetero) is 1. The molecule has 5 nitrogen and oxygen atoms in total. The van der Waals surface area contributed by atoms with E-state index in [2.05, 4.69) is 15.6 Å². The van der Waals surface area contributed by atoms with Gasteiger partial charge in [0.1, 0.15) is 5.78 Å². The first-order chi connectivity index (χ1) is 6.68. The third kappa shape index (κ3) is 3.66. The van der Waals surface area contributed by atoms with Crippen LogP contribution >= 0.6 is 0 Å². The molecule has 0 spiro atoms. The average Bonchev–Trinajstić information content (AvgIpc) is 2.16. The van der Waals surface area contributed by atoms with Crippen LogP contribution in [0.2, 0.25) is 0 Å². The van der Waals surface area contributed by atoms with Gasteiger partial charge >= 0.3 is 6.03 Å². The molecule has 0 saturated carbocycles. The van der Waals surface area contributed by atoms with Crippen LogP contribution in [0, 0.1) is 0 Å². The fourth-order valence-electron chi connectivity index (χ4n) is 0.817. The third-order valence-electron chi connectivity index (χ3n) is 1.42. The van der Waals surface area contributed by atoms with Crippen LogP contribution in [0.5, 0.6) is 0 Å². The van der Waals surface area contributed by atoms with E-state index in [0.717, 1.165) is 0 Å². The molecule has 0 aliphatic rings. The molecule has 1 heterocycles. The Morgan fingerprint density at radius 3 is 2.86 bits per heavy atom. The first-order valence-electron chi connectivity index (χ1n) is 4.13. The highest BCUT2D eigenvalue weighted by Crippen LogP contribution is 2.01. The summed E-state index contributed by atoms with van der Waals surface area (Å²) in [7, 11) is 0. The van der Waals surface area contributed by atoms with Crippen LogP contribution in [0.3, 0.4) is 0 Å². The van der Waals surface area contributed by atoms with Crippen molar-refractivity contribution in [2.75, 3.05) is 11.9 Å². The Hall–Kier alpha value is -1.91. The predicted molar refractivity (Wildman–Crippen MR) is 51.9 cm³/mol. The third-order valence-corrected chi connectivity index (χ3v) is 1.42. The molecule has 2 amide bonds. The van der Waals surface area contributed by atoms with E-state index in [1.165, 1.54) is 13.1 Å². The predicted octanol–water partition coefficient (Wildman–Crippen LogP) is 0.792. The molecule has 5 heteroatoms. The Labute approximate surface area is 81.5 Å². The molecule has 0 aliphatic heterocycles. The Morgan fingerprint density at radius 1 is 1.50 bits per heavy atom. The highest BCUT2D eigenvalue weighted by atomic mass is 16.2. The van der Waals surface area contributed by atoms with Gasteiger partial charge in [0.25, 0.3) is 0 Å². The second kappa shape index (κ2) is 4.96. The lowest BCUT2D eigenvalue weighted by Gasteiger charge is -2.04. The summed E-state index contributed by atoms with van der Waals surface area (Å²) in [5.74, 6) is -0.0914. The first-order valence-corrected chi connectivity index (χ1v) is 4.13. The molecule has 14 heavy (non-hydrogen) atoms. The molecule has 0 unspecified atom stereocenters. The number of hydrogen-bond donors (Lipinski definition) is 2. The number of pyridine rings is 1. The summed E-state index contributed by atoms with van der Waals surface area (Å²) in [5.41, 5.74) is 0.591. The second-order valence-corrected chi connectivity index (χ2v) is 2.75. The molecule has 1 aromatic heterocycles. The smallest absolute Gasteiger partial charge is 0.319 e. The fourth-order valence-corrected chi connectivity index (χ4v) is 0.817. The second-order valence-electron chi connectivity index (χ2n) is 2.75. The number of carbonyl (C=O) groups excluding carboxylic acids is 2. The maximum atomic E-state index is 11.1. The van der Waals surface area contributed by atoms with Crippen LogP contribution in [0.1, 0.15) is 6.92 Å². The largest absolute Gasteiger partial charge is 0.331 e. The molecule has 0 aliphatic carbocycles. The molecule has 2 N–H and O–H groups in total. The molecule has 1 rings (SSSR count). The van der Waals surface area contributed by atoms with E-state index < -0.39 is 6.03 Å². The van der Waals surface area contributed by atoms with Gasteiger partial charge in [0.15, 0.2) is 0 Å². The van der Waals surface area contributed by atoms with Crippen molar-refractivity contribution in [3.8, 4) is 0 Å². The standard InChI is InChI=1S/C9H11N3O2/c1-7(13)5-11-9(14)12-8-3-2-4-10-6-8/h2-4,6H,5H2,1H3,(H2,11,12,14). The number of hydrogen-bond acceptors (Lipinski definition) is 3. The Morgan fingerprint density at radius 2 is 2.29 bits per heavy atom. The SMILES string of the molecule is CC(=O)CNC(=O)Nc1cccnc1. The monoisotopic (exact) mass is 193 g/mol. The molecule has 0 bridgehead atoms. The van der Waals surface area contributed by atoms with E-state index in [0.29, 0.717) is 5.69 Å². The molecule has 0 fully saturated rings. The maximum absolute atomic E-state index is 11.1. The zero-order chi connectivity index (χ0) is 10.4. The van der Waals surface area contributed by atoms with Crippen LogP contribution in [0.15, 0.2) is 24.5 Å². The van der Waals surface area contributed by atoms with Crippen molar-refractivity contribution in [1.82, 2.24) is 10.3 Å². The van der Waals surface area contributed by atoms with Crippen LogP contribution < -0.4 is 10.6 Å². The lowest BCUT2D eigenvalue weighted by molar-refractivity contribution is -0.116. The summed E-state index contributed by atoms with van der Waals surface area (Å²) in [6.45, 7) is 1.44. The van der Waals surface area contributed by atoms with Crippen LogP contribution in [0.4, 0.5) is 10.5 Å². The van der Waals surface area contributed by atoms with Crippen molar-refractivity contribution in [2.45, 2.75) is 6.92 Å². The lowest BCUT2D eigenvalue weighted by atomic mass is 10.4. The number of urea groups is 1. The van der Waals surface area contributed by atoms with Gasteiger partial charge in [-0.25, -0.2) is 4.79 Å². The minimum atomic E-state index is -0.409. The van der Waals surface area contributed by atoms with Gasteiger partial charge in [0.2, 0.25) is 0 Å². The van der Waals surface area contributed by atoms with Gasteiger partial charge in [0.05, 0.1) is 18.4 Å². The highest BCUT2D eigenvalue weighted by Gasteiger charge is 2.01. The van der Waals surface area contributed by atoms with Crippen molar-refractivity contribution in [2.24, 2.45) is 0 Å². The molecule has 0 atom stereocenters. The van der Waals surface area contributed by atoms with Crippen molar-refractivity contribution < 1.29 is 9.59 Å². The Bertz CT molecular complexity index is 324. The van der Waals surface area contributed by atoms with Gasteiger partial charge in [-0.2, -0.15) is 0 Å². The van der Waals surface area contributed by atoms with Gasteiger partial charge in [-0.05, 0) is 19.1 Å². The van der Waals surface area contributed by atoms with E-state index in [-0.39, 0.29) is 12.3 Å². The molecular formula is C9H11N3O2. The quantitative estimate of drug-likeness (QED) is 0.745.